The van der Waals surface area contributed by atoms with Crippen molar-refractivity contribution in [2.45, 2.75) is 245 Å². The lowest BCUT2D eigenvalue weighted by atomic mass is 10.1. The lowest BCUT2D eigenvalue weighted by molar-refractivity contribution is -0.162. The van der Waals surface area contributed by atoms with Crippen molar-refractivity contribution in [2.24, 2.45) is 0 Å². The van der Waals surface area contributed by atoms with E-state index in [2.05, 4.69) is 75.5 Å². The molecule has 0 aromatic heterocycles. The van der Waals surface area contributed by atoms with E-state index in [-0.39, 0.29) is 25.2 Å². The molecule has 0 aliphatic heterocycles. The topological polar surface area (TPSA) is 61.8 Å². The van der Waals surface area contributed by atoms with Gasteiger partial charge in [0.1, 0.15) is 6.61 Å². The molecule has 0 amide bonds. The molecule has 0 radical (unpaired) electrons. The van der Waals surface area contributed by atoms with Gasteiger partial charge in [0.05, 0.1) is 6.61 Å². The van der Waals surface area contributed by atoms with Crippen molar-refractivity contribution in [1.29, 1.82) is 0 Å². The molecule has 0 N–H and O–H groups in total. The highest BCUT2D eigenvalue weighted by atomic mass is 16.6. The molecule has 5 heteroatoms. The molecule has 0 saturated carbocycles. The average Bonchev–Trinajstić information content (AvgIpc) is 3.22. The summed E-state index contributed by atoms with van der Waals surface area (Å²) in [6.45, 7) is 7.63. The summed E-state index contributed by atoms with van der Waals surface area (Å²) in [5, 5.41) is 0. The van der Waals surface area contributed by atoms with Crippen molar-refractivity contribution >= 4 is 11.9 Å². The maximum Gasteiger partial charge on any atom is 0.306 e. The zero-order valence-corrected chi connectivity index (χ0v) is 38.6. The van der Waals surface area contributed by atoms with E-state index in [4.69, 9.17) is 14.2 Å². The summed E-state index contributed by atoms with van der Waals surface area (Å²) >= 11 is 0. The Morgan fingerprint density at radius 2 is 0.810 bits per heavy atom. The van der Waals surface area contributed by atoms with Crippen LogP contribution >= 0.6 is 0 Å². The fraction of sp³-hybridized carbons (Fsp3) is 0.774. The molecule has 0 rings (SSSR count). The molecule has 0 fully saturated rings. The summed E-state index contributed by atoms with van der Waals surface area (Å²) in [6.07, 6.45) is 61.1. The van der Waals surface area contributed by atoms with Crippen LogP contribution in [0.3, 0.4) is 0 Å². The standard InChI is InChI=1S/C53H94O5/c1-4-7-10-13-16-19-21-23-24-25-26-27-28-29-31-33-36-39-42-45-48-56-49-51(58-53(55)47-44-41-38-34-18-15-12-9-6-3)50-57-52(54)46-43-40-37-35-32-30-22-20-17-14-11-8-5-2/h8,11,17,20,23-24,30,32,37,40,51H,4-7,9-10,12-16,18-19,21-22,25-29,31,33-36,38-39,41-50H2,1-3H3/b11-8-,20-17-,24-23-,32-30-,40-37-. The quantitative estimate of drug-likeness (QED) is 0.0348. The van der Waals surface area contributed by atoms with E-state index in [0.29, 0.717) is 25.9 Å². The molecular formula is C53H94O5. The number of rotatable bonds is 45. The maximum absolute atomic E-state index is 12.7. The summed E-state index contributed by atoms with van der Waals surface area (Å²) in [4.78, 5) is 25.2. The van der Waals surface area contributed by atoms with Crippen molar-refractivity contribution in [3.05, 3.63) is 60.8 Å². The summed E-state index contributed by atoms with van der Waals surface area (Å²) in [6, 6.07) is 0. The minimum Gasteiger partial charge on any atom is -0.462 e. The van der Waals surface area contributed by atoms with E-state index in [9.17, 15) is 9.59 Å². The van der Waals surface area contributed by atoms with Crippen molar-refractivity contribution in [3.8, 4) is 0 Å². The minimum absolute atomic E-state index is 0.0481. The van der Waals surface area contributed by atoms with Crippen LogP contribution in [-0.4, -0.2) is 37.9 Å². The molecule has 0 aromatic rings. The van der Waals surface area contributed by atoms with E-state index in [1.54, 1.807) is 0 Å². The minimum atomic E-state index is -0.562. The zero-order chi connectivity index (χ0) is 42.1. The highest BCUT2D eigenvalue weighted by Crippen LogP contribution is 2.14. The highest BCUT2D eigenvalue weighted by molar-refractivity contribution is 5.70. The number of carbonyl (C=O) groups is 2. The summed E-state index contributed by atoms with van der Waals surface area (Å²) in [5.41, 5.74) is 0. The fourth-order valence-electron chi connectivity index (χ4n) is 6.87. The zero-order valence-electron chi connectivity index (χ0n) is 38.6. The van der Waals surface area contributed by atoms with Crippen LogP contribution in [0.1, 0.15) is 239 Å². The Kier molecular flexibility index (Phi) is 46.9. The van der Waals surface area contributed by atoms with Crippen LogP contribution < -0.4 is 0 Å². The first-order valence-corrected chi connectivity index (χ1v) is 24.8. The molecule has 0 aliphatic carbocycles. The molecule has 0 aromatic carbocycles. The molecule has 5 nitrogen and oxygen atoms in total. The van der Waals surface area contributed by atoms with Gasteiger partial charge in [-0.3, -0.25) is 9.59 Å². The first kappa shape index (κ1) is 55.6. The molecule has 58 heavy (non-hydrogen) atoms. The normalized spacial score (nSPS) is 12.7. The summed E-state index contributed by atoms with van der Waals surface area (Å²) in [7, 11) is 0. The first-order valence-electron chi connectivity index (χ1n) is 24.8. The molecule has 1 atom stereocenters. The van der Waals surface area contributed by atoms with Gasteiger partial charge in [-0.05, 0) is 70.6 Å². The Balaban J connectivity index is 4.21. The Morgan fingerprint density at radius 1 is 0.397 bits per heavy atom. The van der Waals surface area contributed by atoms with Gasteiger partial charge < -0.3 is 14.2 Å². The van der Waals surface area contributed by atoms with Gasteiger partial charge in [-0.2, -0.15) is 0 Å². The molecular weight excluding hydrogens is 717 g/mol. The third-order valence-electron chi connectivity index (χ3n) is 10.6. The van der Waals surface area contributed by atoms with Gasteiger partial charge in [0.2, 0.25) is 0 Å². The average molecular weight is 811 g/mol. The Labute approximate surface area is 360 Å². The fourth-order valence-corrected chi connectivity index (χ4v) is 6.87. The first-order chi connectivity index (χ1) is 28.6. The monoisotopic (exact) mass is 811 g/mol. The molecule has 336 valence electrons. The van der Waals surface area contributed by atoms with Gasteiger partial charge in [-0.15, -0.1) is 0 Å². The van der Waals surface area contributed by atoms with Gasteiger partial charge in [-0.25, -0.2) is 0 Å². The lowest BCUT2D eigenvalue weighted by Crippen LogP contribution is -2.30. The van der Waals surface area contributed by atoms with Crippen LogP contribution in [0, 0.1) is 0 Å². The lowest BCUT2D eigenvalue weighted by Gasteiger charge is -2.18. The van der Waals surface area contributed by atoms with Crippen LogP contribution in [-0.2, 0) is 23.8 Å². The highest BCUT2D eigenvalue weighted by Gasteiger charge is 2.17. The van der Waals surface area contributed by atoms with E-state index in [1.165, 1.54) is 148 Å². The third-order valence-corrected chi connectivity index (χ3v) is 10.6. The van der Waals surface area contributed by atoms with E-state index in [0.717, 1.165) is 51.4 Å². The number of hydrogen-bond acceptors (Lipinski definition) is 5. The van der Waals surface area contributed by atoms with Crippen LogP contribution in [0.25, 0.3) is 0 Å². The number of unbranched alkanes of at least 4 members (excludes halogenated alkanes) is 24. The van der Waals surface area contributed by atoms with Gasteiger partial charge in [0, 0.05) is 19.4 Å². The molecule has 0 aliphatic rings. The van der Waals surface area contributed by atoms with E-state index in [1.807, 2.05) is 6.08 Å². The number of esters is 2. The van der Waals surface area contributed by atoms with Crippen molar-refractivity contribution in [1.82, 2.24) is 0 Å². The number of carbonyl (C=O) groups excluding carboxylic acids is 2. The van der Waals surface area contributed by atoms with Crippen molar-refractivity contribution < 1.29 is 23.8 Å². The van der Waals surface area contributed by atoms with Gasteiger partial charge >= 0.3 is 11.9 Å². The number of hydrogen-bond donors (Lipinski definition) is 0. The largest absolute Gasteiger partial charge is 0.462 e. The van der Waals surface area contributed by atoms with Gasteiger partial charge in [0.25, 0.3) is 0 Å². The third kappa shape index (κ3) is 46.3. The smallest absolute Gasteiger partial charge is 0.306 e. The van der Waals surface area contributed by atoms with Gasteiger partial charge in [0.15, 0.2) is 6.10 Å². The van der Waals surface area contributed by atoms with Crippen molar-refractivity contribution in [3.63, 3.8) is 0 Å². The maximum atomic E-state index is 12.7. The molecule has 1 unspecified atom stereocenters. The van der Waals surface area contributed by atoms with Crippen LogP contribution in [0.2, 0.25) is 0 Å². The van der Waals surface area contributed by atoms with E-state index >= 15 is 0 Å². The summed E-state index contributed by atoms with van der Waals surface area (Å²) < 4.78 is 17.3. The Hall–Kier alpha value is -2.40. The Bertz CT molecular complexity index is 1010. The van der Waals surface area contributed by atoms with Gasteiger partial charge in [-0.1, -0.05) is 216 Å². The SMILES string of the molecule is CC/C=C\C/C=C\C/C=C\C/C=C\CCC(=O)OCC(COCCCCCCCCCCCC/C=C\CCCCCCCC)OC(=O)CCCCCCCCCCC. The van der Waals surface area contributed by atoms with Crippen LogP contribution in [0.15, 0.2) is 60.8 Å². The summed E-state index contributed by atoms with van der Waals surface area (Å²) in [5.74, 6) is -0.489. The number of ether oxygens (including phenoxy) is 3. The molecule has 0 spiro atoms. The number of allylic oxidation sites excluding steroid dienone is 10. The van der Waals surface area contributed by atoms with Crippen LogP contribution in [0.5, 0.6) is 0 Å². The second-order valence-corrected chi connectivity index (χ2v) is 16.3. The second-order valence-electron chi connectivity index (χ2n) is 16.3. The Morgan fingerprint density at radius 3 is 1.31 bits per heavy atom. The van der Waals surface area contributed by atoms with Crippen LogP contribution in [0.4, 0.5) is 0 Å². The molecule has 0 bridgehead atoms. The van der Waals surface area contributed by atoms with E-state index < -0.39 is 6.10 Å². The predicted molar refractivity (Wildman–Crippen MR) is 251 cm³/mol. The van der Waals surface area contributed by atoms with Crippen molar-refractivity contribution in [2.75, 3.05) is 19.8 Å². The second kappa shape index (κ2) is 49.0. The molecule has 0 saturated heterocycles. The molecule has 0 heterocycles. The predicted octanol–water partition coefficient (Wildman–Crippen LogP) is 16.6.